The molecule has 3 aromatic rings. The third-order valence-corrected chi connectivity index (χ3v) is 4.96. The number of methoxy groups -OCH3 is 1. The van der Waals surface area contributed by atoms with Crippen LogP contribution in [0.2, 0.25) is 0 Å². The van der Waals surface area contributed by atoms with Crippen molar-refractivity contribution in [3.8, 4) is 28.4 Å². The van der Waals surface area contributed by atoms with Gasteiger partial charge in [-0.15, -0.1) is 0 Å². The zero-order valence-corrected chi connectivity index (χ0v) is 18.3. The van der Waals surface area contributed by atoms with Gasteiger partial charge < -0.3 is 19.1 Å². The Labute approximate surface area is 184 Å². The molecule has 0 aliphatic rings. The first kappa shape index (κ1) is 22.2. The number of hydrogen-bond acceptors (Lipinski definition) is 4. The Bertz CT molecular complexity index is 988. The van der Waals surface area contributed by atoms with Gasteiger partial charge in [0.25, 0.3) is 5.91 Å². The van der Waals surface area contributed by atoms with Crippen LogP contribution >= 0.6 is 0 Å². The Morgan fingerprint density at radius 3 is 2.29 bits per heavy atom. The summed E-state index contributed by atoms with van der Waals surface area (Å²) in [5, 5.41) is 0. The van der Waals surface area contributed by atoms with Gasteiger partial charge >= 0.3 is 0 Å². The Kier molecular flexibility index (Phi) is 7.93. The molecule has 0 saturated heterocycles. The molecule has 31 heavy (non-hydrogen) atoms. The highest BCUT2D eigenvalue weighted by Gasteiger charge is 2.16. The fourth-order valence-electron chi connectivity index (χ4n) is 3.36. The number of ether oxygens (including phenoxy) is 3. The summed E-state index contributed by atoms with van der Waals surface area (Å²) < 4.78 is 16.9. The molecule has 3 aromatic carbocycles. The van der Waals surface area contributed by atoms with Crippen LogP contribution in [0.25, 0.3) is 11.1 Å². The van der Waals surface area contributed by atoms with E-state index in [0.29, 0.717) is 36.9 Å². The molecular formula is C26H29NO4. The lowest BCUT2D eigenvalue weighted by molar-refractivity contribution is -0.133. The van der Waals surface area contributed by atoms with Crippen molar-refractivity contribution < 1.29 is 19.0 Å². The van der Waals surface area contributed by atoms with Gasteiger partial charge in [-0.3, -0.25) is 4.79 Å². The number of carbonyl (C=O) groups is 1. The normalized spacial score (nSPS) is 10.4. The van der Waals surface area contributed by atoms with Gasteiger partial charge in [-0.05, 0) is 43.2 Å². The summed E-state index contributed by atoms with van der Waals surface area (Å²) in [4.78, 5) is 14.6. The molecule has 5 nitrogen and oxygen atoms in total. The van der Waals surface area contributed by atoms with Crippen molar-refractivity contribution in [2.45, 2.75) is 20.4 Å². The van der Waals surface area contributed by atoms with Crippen LogP contribution in [-0.2, 0) is 11.3 Å². The van der Waals surface area contributed by atoms with Crippen molar-refractivity contribution in [2.24, 2.45) is 0 Å². The zero-order valence-electron chi connectivity index (χ0n) is 18.3. The fraction of sp³-hybridized carbons (Fsp3) is 0.269. The first-order chi connectivity index (χ1) is 15.2. The van der Waals surface area contributed by atoms with E-state index in [0.717, 1.165) is 16.7 Å². The number of benzene rings is 3. The molecule has 0 spiro atoms. The maximum atomic E-state index is 12.9. The van der Waals surface area contributed by atoms with E-state index in [1.165, 1.54) is 0 Å². The predicted octanol–water partition coefficient (Wildman–Crippen LogP) is 5.19. The minimum Gasteiger partial charge on any atom is -0.493 e. The van der Waals surface area contributed by atoms with E-state index in [4.69, 9.17) is 14.2 Å². The highest BCUT2D eigenvalue weighted by Crippen LogP contribution is 2.30. The molecule has 162 valence electrons. The van der Waals surface area contributed by atoms with E-state index in [2.05, 4.69) is 0 Å². The summed E-state index contributed by atoms with van der Waals surface area (Å²) in [6.07, 6.45) is 0. The maximum Gasteiger partial charge on any atom is 0.260 e. The molecule has 0 N–H and O–H groups in total. The molecule has 0 aliphatic carbocycles. The molecule has 0 fully saturated rings. The Morgan fingerprint density at radius 2 is 1.58 bits per heavy atom. The number of carbonyl (C=O) groups excluding carboxylic acids is 1. The van der Waals surface area contributed by atoms with Crippen molar-refractivity contribution in [3.05, 3.63) is 78.4 Å². The predicted molar refractivity (Wildman–Crippen MR) is 123 cm³/mol. The van der Waals surface area contributed by atoms with E-state index in [1.807, 2.05) is 86.6 Å². The summed E-state index contributed by atoms with van der Waals surface area (Å²) in [6, 6.07) is 23.5. The first-order valence-corrected chi connectivity index (χ1v) is 10.5. The lowest BCUT2D eigenvalue weighted by Crippen LogP contribution is -2.34. The lowest BCUT2D eigenvalue weighted by Gasteiger charge is -2.22. The quantitative estimate of drug-likeness (QED) is 0.454. The third-order valence-electron chi connectivity index (χ3n) is 4.96. The minimum absolute atomic E-state index is 0.0220. The average molecular weight is 420 g/mol. The van der Waals surface area contributed by atoms with Crippen molar-refractivity contribution in [1.29, 1.82) is 0 Å². The van der Waals surface area contributed by atoms with E-state index >= 15 is 0 Å². The third kappa shape index (κ3) is 5.79. The second kappa shape index (κ2) is 11.1. The second-order valence-electron chi connectivity index (χ2n) is 6.98. The van der Waals surface area contributed by atoms with Crippen LogP contribution in [-0.4, -0.2) is 37.7 Å². The summed E-state index contributed by atoms with van der Waals surface area (Å²) in [7, 11) is 1.61. The van der Waals surface area contributed by atoms with Crippen LogP contribution in [0.4, 0.5) is 0 Å². The van der Waals surface area contributed by atoms with Gasteiger partial charge in [0, 0.05) is 18.7 Å². The number of amides is 1. The van der Waals surface area contributed by atoms with Crippen molar-refractivity contribution >= 4 is 5.91 Å². The van der Waals surface area contributed by atoms with E-state index in [-0.39, 0.29) is 12.5 Å². The molecule has 0 aromatic heterocycles. The molecule has 0 radical (unpaired) electrons. The topological polar surface area (TPSA) is 48.0 Å². The highest BCUT2D eigenvalue weighted by atomic mass is 16.5. The highest BCUT2D eigenvalue weighted by molar-refractivity contribution is 5.78. The van der Waals surface area contributed by atoms with Crippen molar-refractivity contribution in [2.75, 3.05) is 26.9 Å². The SMILES string of the molecule is CCOc1ccc(CN(CC)C(=O)COc2ccccc2-c2ccccc2)cc1OC. The molecule has 0 bridgehead atoms. The molecule has 0 saturated carbocycles. The smallest absolute Gasteiger partial charge is 0.260 e. The molecule has 0 atom stereocenters. The van der Waals surface area contributed by atoms with Gasteiger partial charge in [0.05, 0.1) is 13.7 Å². The number of hydrogen-bond donors (Lipinski definition) is 0. The van der Waals surface area contributed by atoms with Crippen molar-refractivity contribution in [3.63, 3.8) is 0 Å². The fourth-order valence-corrected chi connectivity index (χ4v) is 3.36. The molecule has 0 unspecified atom stereocenters. The number of nitrogens with zero attached hydrogens (tertiary/aromatic N) is 1. The second-order valence-corrected chi connectivity index (χ2v) is 6.98. The zero-order chi connectivity index (χ0) is 22.1. The monoisotopic (exact) mass is 419 g/mol. The molecule has 0 aliphatic heterocycles. The summed E-state index contributed by atoms with van der Waals surface area (Å²) in [6.45, 7) is 5.49. The van der Waals surface area contributed by atoms with Gasteiger partial charge in [0.15, 0.2) is 18.1 Å². The van der Waals surface area contributed by atoms with Crippen molar-refractivity contribution in [1.82, 2.24) is 4.90 Å². The van der Waals surface area contributed by atoms with Gasteiger partial charge in [-0.1, -0.05) is 54.6 Å². The molecule has 0 heterocycles. The van der Waals surface area contributed by atoms with Crippen LogP contribution in [0.3, 0.4) is 0 Å². The largest absolute Gasteiger partial charge is 0.493 e. The van der Waals surface area contributed by atoms with Crippen LogP contribution in [0.1, 0.15) is 19.4 Å². The standard InChI is InChI=1S/C26H29NO4/c1-4-27(18-20-15-16-24(30-5-2)25(17-20)29-3)26(28)19-31-23-14-10-9-13-22(23)21-11-7-6-8-12-21/h6-17H,4-5,18-19H2,1-3H3. The van der Waals surface area contributed by atoms with E-state index in [1.54, 1.807) is 12.0 Å². The van der Waals surface area contributed by atoms with Gasteiger partial charge in [0.2, 0.25) is 0 Å². The Balaban J connectivity index is 1.68. The van der Waals surface area contributed by atoms with Gasteiger partial charge in [0.1, 0.15) is 5.75 Å². The van der Waals surface area contributed by atoms with E-state index in [9.17, 15) is 4.79 Å². The Hall–Kier alpha value is -3.47. The molecule has 3 rings (SSSR count). The average Bonchev–Trinajstić information content (AvgIpc) is 2.82. The lowest BCUT2D eigenvalue weighted by atomic mass is 10.1. The first-order valence-electron chi connectivity index (χ1n) is 10.5. The number of likely N-dealkylation sites (N-methyl/N-ethyl adjacent to an activating group) is 1. The van der Waals surface area contributed by atoms with Crippen LogP contribution in [0, 0.1) is 0 Å². The number of rotatable bonds is 10. The summed E-state index contributed by atoms with van der Waals surface area (Å²) in [5.41, 5.74) is 3.00. The minimum atomic E-state index is -0.0711. The van der Waals surface area contributed by atoms with Gasteiger partial charge in [-0.25, -0.2) is 0 Å². The summed E-state index contributed by atoms with van der Waals surface area (Å²) >= 11 is 0. The van der Waals surface area contributed by atoms with E-state index < -0.39 is 0 Å². The van der Waals surface area contributed by atoms with Crippen LogP contribution in [0.15, 0.2) is 72.8 Å². The molecule has 1 amide bonds. The van der Waals surface area contributed by atoms with Gasteiger partial charge in [-0.2, -0.15) is 0 Å². The van der Waals surface area contributed by atoms with Crippen LogP contribution < -0.4 is 14.2 Å². The number of para-hydroxylation sites is 1. The Morgan fingerprint density at radius 1 is 0.839 bits per heavy atom. The van der Waals surface area contributed by atoms with Crippen LogP contribution in [0.5, 0.6) is 17.2 Å². The molecular weight excluding hydrogens is 390 g/mol. The molecule has 5 heteroatoms. The maximum absolute atomic E-state index is 12.9. The summed E-state index contributed by atoms with van der Waals surface area (Å²) in [5.74, 6) is 1.99.